The molecule has 2 heterocycles. The van der Waals surface area contributed by atoms with Gasteiger partial charge in [-0.2, -0.15) is 5.10 Å². The molecule has 0 aliphatic carbocycles. The van der Waals surface area contributed by atoms with Crippen LogP contribution in [0.25, 0.3) is 22.5 Å². The van der Waals surface area contributed by atoms with Gasteiger partial charge in [0.2, 0.25) is 0 Å². The van der Waals surface area contributed by atoms with E-state index in [0.717, 1.165) is 32.6 Å². The number of aromatic nitrogens is 3. The van der Waals surface area contributed by atoms with Crippen LogP contribution in [0.3, 0.4) is 0 Å². The minimum atomic E-state index is 0.457. The third-order valence-corrected chi connectivity index (χ3v) is 3.68. The number of aryl methyl sites for hydroxylation is 1. The molecule has 3 rings (SSSR count). The molecule has 0 amide bonds. The molecule has 0 unspecified atom stereocenters. The number of nitrogens with zero attached hydrogens (tertiary/aromatic N) is 2. The lowest BCUT2D eigenvalue weighted by molar-refractivity contribution is 1.10. The maximum atomic E-state index is 6.00. The summed E-state index contributed by atoms with van der Waals surface area (Å²) in [4.78, 5) is 4.37. The molecule has 0 saturated carbocycles. The number of nitrogen functional groups attached to an aromatic ring is 1. The number of nitrogens with one attached hydrogen (secondary N) is 1. The van der Waals surface area contributed by atoms with E-state index in [4.69, 9.17) is 5.73 Å². The molecule has 0 bridgehead atoms. The van der Waals surface area contributed by atoms with Crippen molar-refractivity contribution in [3.8, 4) is 22.5 Å². The molecule has 100 valence electrons. The Morgan fingerprint density at radius 1 is 1.20 bits per heavy atom. The van der Waals surface area contributed by atoms with Crippen molar-refractivity contribution in [3.63, 3.8) is 0 Å². The van der Waals surface area contributed by atoms with Gasteiger partial charge in [-0.3, -0.25) is 10.1 Å². The van der Waals surface area contributed by atoms with Crippen molar-refractivity contribution in [1.29, 1.82) is 0 Å². The molecule has 0 radical (unpaired) electrons. The van der Waals surface area contributed by atoms with Gasteiger partial charge < -0.3 is 5.73 Å². The van der Waals surface area contributed by atoms with Crippen molar-refractivity contribution in [2.24, 2.45) is 0 Å². The van der Waals surface area contributed by atoms with Crippen molar-refractivity contribution >= 4 is 21.7 Å². The van der Waals surface area contributed by atoms with Gasteiger partial charge in [0.1, 0.15) is 0 Å². The first-order chi connectivity index (χ1) is 9.66. The summed E-state index contributed by atoms with van der Waals surface area (Å²) in [5.74, 6) is 0.457. The zero-order chi connectivity index (χ0) is 14.1. The van der Waals surface area contributed by atoms with E-state index < -0.39 is 0 Å². The zero-order valence-electron chi connectivity index (χ0n) is 10.9. The number of nitrogens with two attached hydrogens (primary N) is 1. The number of hydrogen-bond acceptors (Lipinski definition) is 3. The van der Waals surface area contributed by atoms with Gasteiger partial charge >= 0.3 is 0 Å². The Bertz CT molecular complexity index is 750. The molecular weight excluding hydrogens is 316 g/mol. The highest BCUT2D eigenvalue weighted by Gasteiger charge is 2.17. The molecule has 0 aliphatic rings. The van der Waals surface area contributed by atoms with Gasteiger partial charge in [0.15, 0.2) is 5.82 Å². The second kappa shape index (κ2) is 5.09. The SMILES string of the molecule is Cc1ccc(Br)cc1-c1[nH]nc(N)c1-c1ccccn1. The highest BCUT2D eigenvalue weighted by atomic mass is 79.9. The maximum absolute atomic E-state index is 6.00. The lowest BCUT2D eigenvalue weighted by atomic mass is 10.0. The maximum Gasteiger partial charge on any atom is 0.155 e. The minimum absolute atomic E-state index is 0.457. The Balaban J connectivity index is 2.24. The predicted octanol–water partition coefficient (Wildman–Crippen LogP) is 3.79. The van der Waals surface area contributed by atoms with Crippen molar-refractivity contribution in [2.45, 2.75) is 6.92 Å². The number of anilines is 1. The van der Waals surface area contributed by atoms with Gasteiger partial charge in [0.05, 0.1) is 17.0 Å². The van der Waals surface area contributed by atoms with E-state index in [1.165, 1.54) is 0 Å². The van der Waals surface area contributed by atoms with Crippen LogP contribution in [0.15, 0.2) is 47.1 Å². The van der Waals surface area contributed by atoms with Crippen molar-refractivity contribution in [1.82, 2.24) is 15.2 Å². The summed E-state index contributed by atoms with van der Waals surface area (Å²) in [5.41, 5.74) is 10.8. The van der Waals surface area contributed by atoms with Crippen molar-refractivity contribution in [2.75, 3.05) is 5.73 Å². The molecule has 0 fully saturated rings. The van der Waals surface area contributed by atoms with Crippen LogP contribution in [0.5, 0.6) is 0 Å². The molecule has 0 saturated heterocycles. The van der Waals surface area contributed by atoms with Crippen LogP contribution in [0.2, 0.25) is 0 Å². The normalized spacial score (nSPS) is 10.7. The number of rotatable bonds is 2. The average molecular weight is 329 g/mol. The molecule has 3 N–H and O–H groups in total. The molecule has 5 heteroatoms. The first-order valence-corrected chi connectivity index (χ1v) is 6.98. The molecule has 0 aliphatic heterocycles. The van der Waals surface area contributed by atoms with E-state index in [-0.39, 0.29) is 0 Å². The van der Waals surface area contributed by atoms with E-state index in [1.54, 1.807) is 6.20 Å². The molecule has 20 heavy (non-hydrogen) atoms. The Morgan fingerprint density at radius 2 is 2.05 bits per heavy atom. The predicted molar refractivity (Wildman–Crippen MR) is 84.1 cm³/mol. The molecular formula is C15H13BrN4. The monoisotopic (exact) mass is 328 g/mol. The minimum Gasteiger partial charge on any atom is -0.382 e. The van der Waals surface area contributed by atoms with E-state index in [1.807, 2.05) is 24.3 Å². The Labute approximate surface area is 125 Å². The Morgan fingerprint density at radius 3 is 2.80 bits per heavy atom. The summed E-state index contributed by atoms with van der Waals surface area (Å²) < 4.78 is 1.01. The second-order valence-electron chi connectivity index (χ2n) is 4.53. The van der Waals surface area contributed by atoms with Gasteiger partial charge in [0, 0.05) is 16.2 Å². The van der Waals surface area contributed by atoms with E-state index in [2.05, 4.69) is 50.2 Å². The lowest BCUT2D eigenvalue weighted by Gasteiger charge is -2.07. The van der Waals surface area contributed by atoms with Crippen LogP contribution in [0.1, 0.15) is 5.56 Å². The van der Waals surface area contributed by atoms with Crippen LogP contribution in [0, 0.1) is 6.92 Å². The highest BCUT2D eigenvalue weighted by Crippen LogP contribution is 2.35. The number of H-pyrrole nitrogens is 1. The summed E-state index contributed by atoms with van der Waals surface area (Å²) in [5, 5.41) is 7.16. The van der Waals surface area contributed by atoms with Crippen LogP contribution < -0.4 is 5.73 Å². The fourth-order valence-electron chi connectivity index (χ4n) is 2.18. The van der Waals surface area contributed by atoms with Crippen LogP contribution in [-0.4, -0.2) is 15.2 Å². The van der Waals surface area contributed by atoms with Gasteiger partial charge in [0.25, 0.3) is 0 Å². The number of aromatic amines is 1. The summed E-state index contributed by atoms with van der Waals surface area (Å²) in [6, 6.07) is 11.9. The standard InChI is InChI=1S/C15H13BrN4/c1-9-5-6-10(16)8-11(9)14-13(15(17)20-19-14)12-4-2-3-7-18-12/h2-8H,1H3,(H3,17,19,20). The summed E-state index contributed by atoms with van der Waals surface area (Å²) in [7, 11) is 0. The largest absolute Gasteiger partial charge is 0.382 e. The number of hydrogen-bond donors (Lipinski definition) is 2. The van der Waals surface area contributed by atoms with Gasteiger partial charge in [-0.1, -0.05) is 28.1 Å². The Kier molecular flexibility index (Phi) is 3.28. The first kappa shape index (κ1) is 12.9. The summed E-state index contributed by atoms with van der Waals surface area (Å²) >= 11 is 3.50. The van der Waals surface area contributed by atoms with Gasteiger partial charge in [-0.15, -0.1) is 0 Å². The molecule has 1 aromatic carbocycles. The van der Waals surface area contributed by atoms with Crippen LogP contribution in [0.4, 0.5) is 5.82 Å². The average Bonchev–Trinajstić information content (AvgIpc) is 2.84. The summed E-state index contributed by atoms with van der Waals surface area (Å²) in [6.45, 7) is 2.06. The van der Waals surface area contributed by atoms with Crippen molar-refractivity contribution < 1.29 is 0 Å². The lowest BCUT2D eigenvalue weighted by Crippen LogP contribution is -1.91. The summed E-state index contributed by atoms with van der Waals surface area (Å²) in [6.07, 6.45) is 1.75. The topological polar surface area (TPSA) is 67.6 Å². The van der Waals surface area contributed by atoms with Crippen LogP contribution in [-0.2, 0) is 0 Å². The molecule has 0 atom stereocenters. The van der Waals surface area contributed by atoms with E-state index in [9.17, 15) is 0 Å². The quantitative estimate of drug-likeness (QED) is 0.752. The van der Waals surface area contributed by atoms with E-state index >= 15 is 0 Å². The van der Waals surface area contributed by atoms with Gasteiger partial charge in [-0.05, 0) is 36.8 Å². The first-order valence-electron chi connectivity index (χ1n) is 6.18. The third kappa shape index (κ3) is 2.20. The fourth-order valence-corrected chi connectivity index (χ4v) is 2.55. The highest BCUT2D eigenvalue weighted by molar-refractivity contribution is 9.10. The third-order valence-electron chi connectivity index (χ3n) is 3.18. The smallest absolute Gasteiger partial charge is 0.155 e. The second-order valence-corrected chi connectivity index (χ2v) is 5.45. The molecule has 0 spiro atoms. The Hall–Kier alpha value is -2.14. The fraction of sp³-hybridized carbons (Fsp3) is 0.0667. The zero-order valence-corrected chi connectivity index (χ0v) is 12.5. The number of pyridine rings is 1. The van der Waals surface area contributed by atoms with Gasteiger partial charge in [-0.25, -0.2) is 0 Å². The van der Waals surface area contributed by atoms with Crippen molar-refractivity contribution in [3.05, 3.63) is 52.6 Å². The molecule has 3 aromatic rings. The number of halogens is 1. The molecule has 4 nitrogen and oxygen atoms in total. The van der Waals surface area contributed by atoms with E-state index in [0.29, 0.717) is 5.82 Å². The molecule has 2 aromatic heterocycles. The number of benzene rings is 1. The van der Waals surface area contributed by atoms with Crippen LogP contribution >= 0.6 is 15.9 Å².